The Kier molecular flexibility index (Phi) is 6.60. The summed E-state index contributed by atoms with van der Waals surface area (Å²) < 4.78 is 31.7. The second-order valence-corrected chi connectivity index (χ2v) is 8.26. The zero-order valence-corrected chi connectivity index (χ0v) is 17.6. The van der Waals surface area contributed by atoms with Gasteiger partial charge in [0.25, 0.3) is 5.91 Å². The third kappa shape index (κ3) is 5.11. The van der Waals surface area contributed by atoms with Gasteiger partial charge < -0.3 is 15.7 Å². The van der Waals surface area contributed by atoms with Crippen LogP contribution in [0.3, 0.4) is 0 Å². The summed E-state index contributed by atoms with van der Waals surface area (Å²) >= 11 is 1.43. The SMILES string of the molecule is Cc1sc(-c2ncn[nH]2)nc1C(=O)N1CCC(N)(c2ccccc2)C1.O=C(O)C(F)(F)F. The number of aliphatic carboxylic acids is 1. The van der Waals surface area contributed by atoms with E-state index in [1.165, 1.54) is 17.7 Å². The van der Waals surface area contributed by atoms with Crippen molar-refractivity contribution in [2.75, 3.05) is 13.1 Å². The van der Waals surface area contributed by atoms with Gasteiger partial charge in [-0.25, -0.2) is 14.8 Å². The lowest BCUT2D eigenvalue weighted by atomic mass is 9.90. The van der Waals surface area contributed by atoms with E-state index in [2.05, 4.69) is 20.2 Å². The molecule has 0 spiro atoms. The number of nitrogens with zero attached hydrogens (tertiary/aromatic N) is 4. The Balaban J connectivity index is 0.000000360. The number of amides is 1. The molecule has 1 atom stereocenters. The standard InChI is InChI=1S/C17H18N6OS.C2HF3O2/c1-11-13(21-15(25-11)14-19-10-20-22-14)16(24)23-8-7-17(18,9-23)12-5-3-2-4-6-12;3-2(4,5)1(6)7/h2-6,10H,7-9,18H2,1H3,(H,19,20,22);(H,6,7). The highest BCUT2D eigenvalue weighted by molar-refractivity contribution is 7.15. The Hall–Kier alpha value is -3.32. The minimum atomic E-state index is -5.08. The van der Waals surface area contributed by atoms with Crippen molar-refractivity contribution in [3.63, 3.8) is 0 Å². The minimum absolute atomic E-state index is 0.0808. The number of aryl methyl sites for hydroxylation is 1. The van der Waals surface area contributed by atoms with Crippen molar-refractivity contribution in [1.29, 1.82) is 0 Å². The van der Waals surface area contributed by atoms with Gasteiger partial charge >= 0.3 is 12.1 Å². The molecule has 1 aliphatic rings. The first-order chi connectivity index (χ1) is 15.0. The fourth-order valence-corrected chi connectivity index (χ4v) is 4.02. The predicted octanol–water partition coefficient (Wildman–Crippen LogP) is 2.57. The number of halogens is 3. The average Bonchev–Trinajstić information content (AvgIpc) is 3.48. The molecule has 1 saturated heterocycles. The number of alkyl halides is 3. The van der Waals surface area contributed by atoms with Gasteiger partial charge in [-0.2, -0.15) is 18.3 Å². The first kappa shape index (κ1) is 23.3. The highest BCUT2D eigenvalue weighted by Crippen LogP contribution is 2.32. The number of hydrogen-bond donors (Lipinski definition) is 3. The van der Waals surface area contributed by atoms with E-state index >= 15 is 0 Å². The van der Waals surface area contributed by atoms with Gasteiger partial charge in [-0.05, 0) is 18.9 Å². The van der Waals surface area contributed by atoms with Crippen molar-refractivity contribution in [3.8, 4) is 10.8 Å². The van der Waals surface area contributed by atoms with Gasteiger partial charge in [0.15, 0.2) is 10.8 Å². The number of carboxylic acids is 1. The fourth-order valence-electron chi connectivity index (χ4n) is 3.17. The summed E-state index contributed by atoms with van der Waals surface area (Å²) in [6.07, 6.45) is -2.92. The third-order valence-electron chi connectivity index (χ3n) is 4.80. The van der Waals surface area contributed by atoms with Gasteiger partial charge in [-0.15, -0.1) is 11.3 Å². The van der Waals surface area contributed by atoms with E-state index < -0.39 is 17.7 Å². The molecule has 0 bridgehead atoms. The van der Waals surface area contributed by atoms with Crippen LogP contribution in [0.2, 0.25) is 0 Å². The van der Waals surface area contributed by atoms with E-state index in [0.29, 0.717) is 29.6 Å². The van der Waals surface area contributed by atoms with Crippen LogP contribution in [-0.2, 0) is 10.3 Å². The average molecular weight is 468 g/mol. The zero-order chi connectivity index (χ0) is 23.5. The number of nitrogens with one attached hydrogen (secondary N) is 1. The highest BCUT2D eigenvalue weighted by atomic mass is 32.1. The summed E-state index contributed by atoms with van der Waals surface area (Å²) in [4.78, 5) is 33.1. The van der Waals surface area contributed by atoms with E-state index in [0.717, 1.165) is 16.9 Å². The second-order valence-electron chi connectivity index (χ2n) is 7.06. The number of aromatic nitrogens is 4. The van der Waals surface area contributed by atoms with Crippen molar-refractivity contribution >= 4 is 23.2 Å². The van der Waals surface area contributed by atoms with Gasteiger partial charge in [0.1, 0.15) is 12.0 Å². The lowest BCUT2D eigenvalue weighted by Crippen LogP contribution is -2.41. The number of nitrogens with two attached hydrogens (primary N) is 1. The van der Waals surface area contributed by atoms with Crippen molar-refractivity contribution in [2.24, 2.45) is 5.73 Å². The molecular formula is C19H19F3N6O3S. The lowest BCUT2D eigenvalue weighted by Gasteiger charge is -2.25. The van der Waals surface area contributed by atoms with Crippen molar-refractivity contribution in [3.05, 3.63) is 52.8 Å². The molecule has 1 unspecified atom stereocenters. The van der Waals surface area contributed by atoms with Crippen LogP contribution >= 0.6 is 11.3 Å². The maximum atomic E-state index is 12.9. The highest BCUT2D eigenvalue weighted by Gasteiger charge is 2.39. The number of carbonyl (C=O) groups is 2. The first-order valence-corrected chi connectivity index (χ1v) is 10.1. The lowest BCUT2D eigenvalue weighted by molar-refractivity contribution is -0.192. The van der Waals surface area contributed by atoms with Gasteiger partial charge in [-0.3, -0.25) is 9.89 Å². The summed E-state index contributed by atoms with van der Waals surface area (Å²) in [7, 11) is 0. The quantitative estimate of drug-likeness (QED) is 0.537. The summed E-state index contributed by atoms with van der Waals surface area (Å²) in [6, 6.07) is 9.95. The van der Waals surface area contributed by atoms with E-state index in [4.69, 9.17) is 15.6 Å². The van der Waals surface area contributed by atoms with Crippen LogP contribution < -0.4 is 5.73 Å². The Morgan fingerprint density at radius 1 is 1.28 bits per heavy atom. The van der Waals surface area contributed by atoms with Gasteiger partial charge in [0.05, 0.1) is 5.54 Å². The molecule has 3 heterocycles. The number of aromatic amines is 1. The van der Waals surface area contributed by atoms with Crippen LogP contribution in [0, 0.1) is 6.92 Å². The van der Waals surface area contributed by atoms with Gasteiger partial charge in [0.2, 0.25) is 0 Å². The number of carbonyl (C=O) groups excluding carboxylic acids is 1. The number of likely N-dealkylation sites (tertiary alicyclic amines) is 1. The number of rotatable bonds is 3. The van der Waals surface area contributed by atoms with Crippen LogP contribution in [0.4, 0.5) is 13.2 Å². The Morgan fingerprint density at radius 2 is 1.94 bits per heavy atom. The molecule has 1 amide bonds. The largest absolute Gasteiger partial charge is 0.490 e. The topological polar surface area (TPSA) is 138 Å². The van der Waals surface area contributed by atoms with Crippen LogP contribution in [0.1, 0.15) is 27.3 Å². The number of carboxylic acid groups (broad SMARTS) is 1. The van der Waals surface area contributed by atoms with Crippen molar-refractivity contribution in [2.45, 2.75) is 25.1 Å². The molecule has 3 aromatic rings. The molecule has 170 valence electrons. The summed E-state index contributed by atoms with van der Waals surface area (Å²) in [5.41, 5.74) is 7.59. The maximum Gasteiger partial charge on any atom is 0.490 e. The molecule has 1 aliphatic heterocycles. The number of benzene rings is 1. The van der Waals surface area contributed by atoms with E-state index in [9.17, 15) is 18.0 Å². The number of H-pyrrole nitrogens is 1. The fraction of sp³-hybridized carbons (Fsp3) is 0.316. The molecule has 0 aliphatic carbocycles. The molecule has 0 saturated carbocycles. The summed E-state index contributed by atoms with van der Waals surface area (Å²) in [6.45, 7) is 3.01. The molecule has 4 N–H and O–H groups in total. The molecule has 4 rings (SSSR count). The molecule has 0 radical (unpaired) electrons. The molecule has 1 fully saturated rings. The smallest absolute Gasteiger partial charge is 0.475 e. The molecule has 1 aromatic carbocycles. The summed E-state index contributed by atoms with van der Waals surface area (Å²) in [5.74, 6) is -2.26. The molecule has 32 heavy (non-hydrogen) atoms. The second kappa shape index (κ2) is 9.04. The third-order valence-corrected chi connectivity index (χ3v) is 5.77. The van der Waals surface area contributed by atoms with Crippen LogP contribution in [0.15, 0.2) is 36.7 Å². The number of hydrogen-bond acceptors (Lipinski definition) is 7. The monoisotopic (exact) mass is 468 g/mol. The molecular weight excluding hydrogens is 449 g/mol. The van der Waals surface area contributed by atoms with Crippen LogP contribution in [0.5, 0.6) is 0 Å². The zero-order valence-electron chi connectivity index (χ0n) is 16.8. The van der Waals surface area contributed by atoms with Crippen molar-refractivity contribution in [1.82, 2.24) is 25.1 Å². The molecule has 2 aromatic heterocycles. The molecule has 13 heteroatoms. The van der Waals surface area contributed by atoms with Crippen LogP contribution in [0.25, 0.3) is 10.8 Å². The van der Waals surface area contributed by atoms with E-state index in [1.54, 1.807) is 4.90 Å². The predicted molar refractivity (Wildman–Crippen MR) is 109 cm³/mol. The van der Waals surface area contributed by atoms with Crippen LogP contribution in [-0.4, -0.2) is 61.3 Å². The maximum absolute atomic E-state index is 12.9. The van der Waals surface area contributed by atoms with Gasteiger partial charge in [-0.1, -0.05) is 30.3 Å². The number of thiazole rings is 1. The van der Waals surface area contributed by atoms with E-state index in [-0.39, 0.29) is 5.91 Å². The van der Waals surface area contributed by atoms with E-state index in [1.807, 2.05) is 37.3 Å². The van der Waals surface area contributed by atoms with Crippen molar-refractivity contribution < 1.29 is 27.9 Å². The Labute approximate surface area is 184 Å². The first-order valence-electron chi connectivity index (χ1n) is 9.28. The minimum Gasteiger partial charge on any atom is -0.475 e. The molecule has 9 nitrogen and oxygen atoms in total. The normalized spacial score (nSPS) is 18.2. The Morgan fingerprint density at radius 3 is 2.50 bits per heavy atom. The Bertz CT molecular complexity index is 1090. The summed E-state index contributed by atoms with van der Waals surface area (Å²) in [5, 5.41) is 14.4. The van der Waals surface area contributed by atoms with Gasteiger partial charge in [0, 0.05) is 18.0 Å².